The summed E-state index contributed by atoms with van der Waals surface area (Å²) >= 11 is 0. The minimum Gasteiger partial charge on any atom is -0.444 e. The number of amides is 2. The molecule has 4 aliphatic carbocycles. The minimum atomic E-state index is -0.573. The largest absolute Gasteiger partial charge is 0.444 e. The number of hydrogen-bond acceptors (Lipinski definition) is 5. The molecule has 2 amide bonds. The highest BCUT2D eigenvalue weighted by molar-refractivity contribution is 5.88. The van der Waals surface area contributed by atoms with Crippen molar-refractivity contribution in [1.82, 2.24) is 10.6 Å². The smallest absolute Gasteiger partial charge is 0.407 e. The van der Waals surface area contributed by atoms with Crippen molar-refractivity contribution in [3.63, 3.8) is 0 Å². The van der Waals surface area contributed by atoms with Crippen molar-refractivity contribution >= 4 is 23.6 Å². The molecule has 0 spiro atoms. The molecule has 0 radical (unpaired) electrons. The number of carbonyl (C=O) groups is 4. The van der Waals surface area contributed by atoms with Gasteiger partial charge >= 0.3 is 6.09 Å². The van der Waals surface area contributed by atoms with Crippen molar-refractivity contribution < 1.29 is 23.9 Å². The Kier molecular flexibility index (Phi) is 6.62. The number of ketones is 2. The average molecular weight is 475 g/mol. The maximum Gasteiger partial charge on any atom is 0.407 e. The molecule has 34 heavy (non-hydrogen) atoms. The van der Waals surface area contributed by atoms with Crippen LogP contribution in [0, 0.1) is 34.5 Å². The van der Waals surface area contributed by atoms with Gasteiger partial charge in [-0.15, -0.1) is 0 Å². The van der Waals surface area contributed by atoms with Crippen LogP contribution in [0.4, 0.5) is 4.79 Å². The lowest BCUT2D eigenvalue weighted by atomic mass is 9.45. The molecule has 1 unspecified atom stereocenters. The quantitative estimate of drug-likeness (QED) is 0.637. The van der Waals surface area contributed by atoms with Crippen LogP contribution in [0.3, 0.4) is 0 Å². The van der Waals surface area contributed by atoms with Crippen molar-refractivity contribution in [1.29, 1.82) is 0 Å². The SMILES string of the molecule is CC(C)(C)OC(=O)NCCC(=O)N[C@H]1CC[C@@]2(C)C(C1)C(=O)C[C@@H]1[C@@H]2CC[C@]2(C)C(=O)CC[C@@H]12. The summed E-state index contributed by atoms with van der Waals surface area (Å²) in [6, 6.07) is -0.00508. The van der Waals surface area contributed by atoms with Gasteiger partial charge in [-0.1, -0.05) is 13.8 Å². The highest BCUT2D eigenvalue weighted by atomic mass is 16.6. The summed E-state index contributed by atoms with van der Waals surface area (Å²) in [5.74, 6) is 1.80. The first-order valence-corrected chi connectivity index (χ1v) is 13.2. The fourth-order valence-corrected chi connectivity index (χ4v) is 7.83. The normalized spacial score (nSPS) is 39.5. The van der Waals surface area contributed by atoms with Gasteiger partial charge in [0.25, 0.3) is 0 Å². The molecule has 0 heterocycles. The van der Waals surface area contributed by atoms with E-state index >= 15 is 0 Å². The number of ether oxygens (including phenoxy) is 1. The van der Waals surface area contributed by atoms with Crippen LogP contribution in [0.15, 0.2) is 0 Å². The molecule has 0 bridgehead atoms. The van der Waals surface area contributed by atoms with Crippen LogP contribution in [-0.2, 0) is 19.1 Å². The van der Waals surface area contributed by atoms with Gasteiger partial charge in [0.05, 0.1) is 0 Å². The lowest BCUT2D eigenvalue weighted by Gasteiger charge is -2.59. The van der Waals surface area contributed by atoms with E-state index in [1.165, 1.54) is 0 Å². The fraction of sp³-hybridized carbons (Fsp3) is 0.852. The number of alkyl carbamates (subject to hydrolysis) is 1. The van der Waals surface area contributed by atoms with Crippen molar-refractivity contribution in [2.24, 2.45) is 34.5 Å². The molecule has 190 valence electrons. The first-order valence-electron chi connectivity index (χ1n) is 13.2. The van der Waals surface area contributed by atoms with E-state index in [1.807, 2.05) is 0 Å². The van der Waals surface area contributed by atoms with Crippen molar-refractivity contribution in [2.45, 2.75) is 104 Å². The van der Waals surface area contributed by atoms with Crippen LogP contribution in [0.2, 0.25) is 0 Å². The third-order valence-electron chi connectivity index (χ3n) is 9.55. The van der Waals surface area contributed by atoms with Crippen LogP contribution in [0.1, 0.15) is 92.4 Å². The maximum absolute atomic E-state index is 13.4. The van der Waals surface area contributed by atoms with Crippen LogP contribution >= 0.6 is 0 Å². The maximum atomic E-state index is 13.4. The Hall–Kier alpha value is -1.92. The molecule has 0 aromatic carbocycles. The zero-order chi connectivity index (χ0) is 24.9. The van der Waals surface area contributed by atoms with Crippen LogP contribution in [0.25, 0.3) is 0 Å². The van der Waals surface area contributed by atoms with Gasteiger partial charge in [-0.25, -0.2) is 4.79 Å². The number of Topliss-reactive ketones (excluding diaryl/α,β-unsaturated/α-hetero) is 2. The highest BCUT2D eigenvalue weighted by Crippen LogP contribution is 2.64. The molecule has 0 aromatic heterocycles. The van der Waals surface area contributed by atoms with E-state index in [-0.39, 0.29) is 41.7 Å². The van der Waals surface area contributed by atoms with Gasteiger partial charge in [0.2, 0.25) is 5.91 Å². The Balaban J connectivity index is 1.32. The lowest BCUT2D eigenvalue weighted by molar-refractivity contribution is -0.157. The van der Waals surface area contributed by atoms with E-state index in [4.69, 9.17) is 4.74 Å². The molecular formula is C27H42N2O5. The summed E-state index contributed by atoms with van der Waals surface area (Å²) in [5, 5.41) is 5.73. The summed E-state index contributed by atoms with van der Waals surface area (Å²) in [6.45, 7) is 10.1. The zero-order valence-corrected chi connectivity index (χ0v) is 21.5. The Labute approximate surface area is 203 Å². The van der Waals surface area contributed by atoms with E-state index in [0.29, 0.717) is 48.6 Å². The van der Waals surface area contributed by atoms with E-state index in [9.17, 15) is 19.2 Å². The topological polar surface area (TPSA) is 102 Å². The number of fused-ring (bicyclic) bond motifs is 5. The van der Waals surface area contributed by atoms with E-state index in [1.54, 1.807) is 20.8 Å². The highest BCUT2D eigenvalue weighted by Gasteiger charge is 2.62. The molecule has 7 atom stereocenters. The molecule has 2 N–H and O–H groups in total. The first kappa shape index (κ1) is 25.2. The molecule has 4 saturated carbocycles. The number of hydrogen-bond donors (Lipinski definition) is 2. The Morgan fingerprint density at radius 2 is 1.79 bits per heavy atom. The second-order valence-electron chi connectivity index (χ2n) is 12.7. The molecule has 0 aromatic rings. The molecule has 4 rings (SSSR count). The predicted octanol–water partition coefficient (Wildman–Crippen LogP) is 4.18. The summed E-state index contributed by atoms with van der Waals surface area (Å²) in [4.78, 5) is 50.3. The van der Waals surface area contributed by atoms with Gasteiger partial charge < -0.3 is 15.4 Å². The monoisotopic (exact) mass is 474 g/mol. The van der Waals surface area contributed by atoms with E-state index in [2.05, 4.69) is 24.5 Å². The predicted molar refractivity (Wildman–Crippen MR) is 128 cm³/mol. The summed E-state index contributed by atoms with van der Waals surface area (Å²) in [6.07, 6.45) is 6.38. The van der Waals surface area contributed by atoms with Gasteiger partial charge in [0.1, 0.15) is 17.2 Å². The van der Waals surface area contributed by atoms with Gasteiger partial charge in [0, 0.05) is 43.2 Å². The molecule has 4 fully saturated rings. The van der Waals surface area contributed by atoms with E-state index < -0.39 is 11.7 Å². The first-order chi connectivity index (χ1) is 15.8. The van der Waals surface area contributed by atoms with Crippen molar-refractivity contribution in [2.75, 3.05) is 6.54 Å². The Morgan fingerprint density at radius 1 is 1.06 bits per heavy atom. The van der Waals surface area contributed by atoms with Gasteiger partial charge in [-0.05, 0) is 82.5 Å². The second-order valence-corrected chi connectivity index (χ2v) is 12.7. The van der Waals surface area contributed by atoms with Crippen LogP contribution < -0.4 is 10.6 Å². The molecule has 0 saturated heterocycles. The van der Waals surface area contributed by atoms with Crippen LogP contribution in [-0.4, -0.2) is 41.8 Å². The molecule has 0 aliphatic heterocycles. The number of carbonyl (C=O) groups excluding carboxylic acids is 4. The van der Waals surface area contributed by atoms with Gasteiger partial charge in [-0.3, -0.25) is 14.4 Å². The number of nitrogens with one attached hydrogen (secondary N) is 2. The van der Waals surface area contributed by atoms with Crippen LogP contribution in [0.5, 0.6) is 0 Å². The molecule has 4 aliphatic rings. The summed E-state index contributed by atoms with van der Waals surface area (Å²) < 4.78 is 5.20. The second kappa shape index (κ2) is 8.94. The minimum absolute atomic E-state index is 0.00508. The Bertz CT molecular complexity index is 864. The molecular weight excluding hydrogens is 432 g/mol. The van der Waals surface area contributed by atoms with Crippen molar-refractivity contribution in [3.05, 3.63) is 0 Å². The van der Waals surface area contributed by atoms with E-state index in [0.717, 1.165) is 32.1 Å². The third-order valence-corrected chi connectivity index (χ3v) is 9.55. The van der Waals surface area contributed by atoms with Gasteiger partial charge in [-0.2, -0.15) is 0 Å². The molecule has 7 heteroatoms. The summed E-state index contributed by atoms with van der Waals surface area (Å²) in [5.41, 5.74) is -0.827. The number of rotatable bonds is 4. The van der Waals surface area contributed by atoms with Crippen molar-refractivity contribution in [3.8, 4) is 0 Å². The van der Waals surface area contributed by atoms with Gasteiger partial charge in [0.15, 0.2) is 0 Å². The summed E-state index contributed by atoms with van der Waals surface area (Å²) in [7, 11) is 0. The fourth-order valence-electron chi connectivity index (χ4n) is 7.83. The Morgan fingerprint density at radius 3 is 2.50 bits per heavy atom. The standard InChI is InChI=1S/C27H42N2O5/c1-25(2,3)34-24(33)28-13-10-23(32)29-16-8-11-26(4)19-9-12-27(5)18(6-7-22(27)31)17(19)15-21(30)20(26)14-16/h16-20H,6-15H2,1-5H3,(H,28,33)(H,29,32)/t16-,17-,18-,19-,20?,26+,27-/m0/s1. The molecule has 7 nitrogen and oxygen atoms in total. The third kappa shape index (κ3) is 4.64. The zero-order valence-electron chi connectivity index (χ0n) is 21.5. The average Bonchev–Trinajstić information content (AvgIpc) is 3.03. The lowest BCUT2D eigenvalue weighted by Crippen LogP contribution is -2.58.